The Morgan fingerprint density at radius 2 is 1.93 bits per heavy atom. The van der Waals surface area contributed by atoms with Crippen LogP contribution in [0.4, 0.5) is 0 Å². The third-order valence-electron chi connectivity index (χ3n) is 4.43. The summed E-state index contributed by atoms with van der Waals surface area (Å²) in [6.07, 6.45) is 1.65. The van der Waals surface area contributed by atoms with Crippen LogP contribution in [-0.4, -0.2) is 46.4 Å². The van der Waals surface area contributed by atoms with Crippen LogP contribution in [0, 0.1) is 5.92 Å². The van der Waals surface area contributed by atoms with Crippen LogP contribution in [0.5, 0.6) is 0 Å². The molecule has 152 valence electrons. The first kappa shape index (κ1) is 22.4. The number of ether oxygens (including phenoxy) is 2. The third kappa shape index (κ3) is 5.79. The Hall–Kier alpha value is -0.900. The van der Waals surface area contributed by atoms with Gasteiger partial charge in [0.05, 0.1) is 31.0 Å². The number of halogens is 2. The SMILES string of the molecule is CCC(C)C(NS(C)(=O)=O)C(=O)NCC1(c2ccc(Cl)cc2Cl)OCCO1. The molecule has 1 fully saturated rings. The van der Waals surface area contributed by atoms with Crippen molar-refractivity contribution in [1.82, 2.24) is 10.0 Å². The predicted octanol–water partition coefficient (Wildman–Crippen LogP) is 2.27. The van der Waals surface area contributed by atoms with Crippen molar-refractivity contribution in [3.8, 4) is 0 Å². The summed E-state index contributed by atoms with van der Waals surface area (Å²) in [5.41, 5.74) is 0.544. The van der Waals surface area contributed by atoms with Crippen LogP contribution < -0.4 is 10.0 Å². The van der Waals surface area contributed by atoms with Gasteiger partial charge in [-0.1, -0.05) is 49.5 Å². The second kappa shape index (κ2) is 9.07. The van der Waals surface area contributed by atoms with Crippen LogP contribution in [-0.2, 0) is 30.1 Å². The van der Waals surface area contributed by atoms with E-state index in [9.17, 15) is 13.2 Å². The van der Waals surface area contributed by atoms with Crippen molar-refractivity contribution in [2.24, 2.45) is 5.92 Å². The maximum Gasteiger partial charge on any atom is 0.238 e. The minimum Gasteiger partial charge on any atom is -0.349 e. The molecule has 2 rings (SSSR count). The summed E-state index contributed by atoms with van der Waals surface area (Å²) in [5.74, 6) is -1.90. The zero-order chi connectivity index (χ0) is 20.2. The van der Waals surface area contributed by atoms with E-state index in [2.05, 4.69) is 10.0 Å². The lowest BCUT2D eigenvalue weighted by Gasteiger charge is -2.30. The van der Waals surface area contributed by atoms with Gasteiger partial charge >= 0.3 is 0 Å². The number of nitrogens with one attached hydrogen (secondary N) is 2. The molecule has 1 aromatic rings. The monoisotopic (exact) mass is 438 g/mol. The molecule has 1 saturated heterocycles. The van der Waals surface area contributed by atoms with Crippen molar-refractivity contribution in [3.63, 3.8) is 0 Å². The van der Waals surface area contributed by atoms with Gasteiger partial charge in [0.25, 0.3) is 0 Å². The number of rotatable bonds is 8. The Morgan fingerprint density at radius 1 is 1.30 bits per heavy atom. The molecule has 10 heteroatoms. The van der Waals surface area contributed by atoms with Crippen molar-refractivity contribution in [1.29, 1.82) is 0 Å². The molecule has 1 amide bonds. The van der Waals surface area contributed by atoms with Crippen molar-refractivity contribution < 1.29 is 22.7 Å². The highest BCUT2D eigenvalue weighted by Gasteiger charge is 2.41. The van der Waals surface area contributed by atoms with E-state index >= 15 is 0 Å². The molecule has 1 aliphatic heterocycles. The number of hydrogen-bond acceptors (Lipinski definition) is 5. The lowest BCUT2D eigenvalue weighted by atomic mass is 9.99. The Labute approximate surface area is 169 Å². The Bertz CT molecular complexity index is 782. The van der Waals surface area contributed by atoms with E-state index in [1.54, 1.807) is 25.1 Å². The summed E-state index contributed by atoms with van der Waals surface area (Å²) in [6, 6.07) is 4.01. The van der Waals surface area contributed by atoms with Crippen molar-refractivity contribution in [3.05, 3.63) is 33.8 Å². The summed E-state index contributed by atoms with van der Waals surface area (Å²) in [4.78, 5) is 12.7. The van der Waals surface area contributed by atoms with Gasteiger partial charge in [0.15, 0.2) is 0 Å². The van der Waals surface area contributed by atoms with Crippen LogP contribution >= 0.6 is 23.2 Å². The maximum atomic E-state index is 12.7. The van der Waals surface area contributed by atoms with E-state index in [-0.39, 0.29) is 12.5 Å². The fourth-order valence-electron chi connectivity index (χ4n) is 2.81. The van der Waals surface area contributed by atoms with E-state index in [1.807, 2.05) is 6.92 Å². The van der Waals surface area contributed by atoms with Crippen LogP contribution in [0.3, 0.4) is 0 Å². The molecule has 2 N–H and O–H groups in total. The van der Waals surface area contributed by atoms with Crippen LogP contribution in [0.15, 0.2) is 18.2 Å². The molecule has 1 heterocycles. The Balaban J connectivity index is 2.20. The fraction of sp³-hybridized carbons (Fsp3) is 0.588. The van der Waals surface area contributed by atoms with Gasteiger partial charge in [-0.05, 0) is 18.1 Å². The molecule has 1 aliphatic rings. The van der Waals surface area contributed by atoms with Gasteiger partial charge in [0.2, 0.25) is 21.7 Å². The second-order valence-electron chi connectivity index (χ2n) is 6.55. The molecule has 1 aromatic carbocycles. The average Bonchev–Trinajstić information content (AvgIpc) is 3.06. The highest BCUT2D eigenvalue weighted by Crippen LogP contribution is 2.36. The predicted molar refractivity (Wildman–Crippen MR) is 104 cm³/mol. The van der Waals surface area contributed by atoms with E-state index < -0.39 is 27.8 Å². The van der Waals surface area contributed by atoms with Crippen LogP contribution in [0.2, 0.25) is 10.0 Å². The highest BCUT2D eigenvalue weighted by atomic mass is 35.5. The van der Waals surface area contributed by atoms with Gasteiger partial charge in [-0.15, -0.1) is 0 Å². The molecule has 0 bridgehead atoms. The summed E-state index contributed by atoms with van der Waals surface area (Å²) in [6.45, 7) is 4.34. The summed E-state index contributed by atoms with van der Waals surface area (Å²) in [5, 5.41) is 3.56. The van der Waals surface area contributed by atoms with Gasteiger partial charge in [-0.2, -0.15) is 0 Å². The van der Waals surface area contributed by atoms with Gasteiger partial charge in [0, 0.05) is 10.6 Å². The molecular formula is C17H24Cl2N2O5S. The van der Waals surface area contributed by atoms with Crippen molar-refractivity contribution in [2.75, 3.05) is 26.0 Å². The topological polar surface area (TPSA) is 93.7 Å². The average molecular weight is 439 g/mol. The molecule has 0 saturated carbocycles. The van der Waals surface area contributed by atoms with Gasteiger partial charge < -0.3 is 14.8 Å². The van der Waals surface area contributed by atoms with Crippen molar-refractivity contribution >= 4 is 39.1 Å². The third-order valence-corrected chi connectivity index (χ3v) is 5.66. The zero-order valence-electron chi connectivity index (χ0n) is 15.4. The number of carbonyl (C=O) groups is 1. The number of sulfonamides is 1. The summed E-state index contributed by atoms with van der Waals surface area (Å²) >= 11 is 12.2. The smallest absolute Gasteiger partial charge is 0.238 e. The van der Waals surface area contributed by atoms with E-state index in [0.717, 1.165) is 6.26 Å². The van der Waals surface area contributed by atoms with Gasteiger partial charge in [-0.25, -0.2) is 13.1 Å². The van der Waals surface area contributed by atoms with E-state index in [1.165, 1.54) is 0 Å². The van der Waals surface area contributed by atoms with Gasteiger partial charge in [-0.3, -0.25) is 4.79 Å². The van der Waals surface area contributed by atoms with E-state index in [0.29, 0.717) is 35.2 Å². The molecule has 2 unspecified atom stereocenters. The molecule has 27 heavy (non-hydrogen) atoms. The summed E-state index contributed by atoms with van der Waals surface area (Å²) < 4.78 is 37.1. The molecule has 0 radical (unpaired) electrons. The fourth-order valence-corrected chi connectivity index (χ4v) is 4.17. The lowest BCUT2D eigenvalue weighted by molar-refractivity contribution is -0.165. The minimum atomic E-state index is -3.55. The second-order valence-corrected chi connectivity index (χ2v) is 9.17. The largest absolute Gasteiger partial charge is 0.349 e. The standard InChI is InChI=1S/C17H24Cl2N2O5S/c1-4-11(2)15(21-27(3,23)24)16(22)20-10-17(25-7-8-26-17)13-6-5-12(18)9-14(13)19/h5-6,9,11,15,21H,4,7-8,10H2,1-3H3,(H,20,22). The first-order valence-corrected chi connectivity index (χ1v) is 11.2. The quantitative estimate of drug-likeness (QED) is 0.648. The lowest BCUT2D eigenvalue weighted by Crippen LogP contribution is -2.52. The first-order valence-electron chi connectivity index (χ1n) is 8.56. The molecule has 0 aliphatic carbocycles. The number of amides is 1. The molecule has 7 nitrogen and oxygen atoms in total. The summed E-state index contributed by atoms with van der Waals surface area (Å²) in [7, 11) is -3.55. The first-order chi connectivity index (χ1) is 12.6. The van der Waals surface area contributed by atoms with Gasteiger partial charge in [0.1, 0.15) is 6.04 Å². The highest BCUT2D eigenvalue weighted by molar-refractivity contribution is 7.88. The van der Waals surface area contributed by atoms with Crippen molar-refractivity contribution in [2.45, 2.75) is 32.1 Å². The molecule has 2 atom stereocenters. The maximum absolute atomic E-state index is 12.7. The Kier molecular flexibility index (Phi) is 7.52. The van der Waals surface area contributed by atoms with Crippen LogP contribution in [0.1, 0.15) is 25.8 Å². The molecule has 0 aromatic heterocycles. The number of benzene rings is 1. The number of hydrogen-bond donors (Lipinski definition) is 2. The van der Waals surface area contributed by atoms with Crippen LogP contribution in [0.25, 0.3) is 0 Å². The number of carbonyl (C=O) groups excluding carboxylic acids is 1. The Morgan fingerprint density at radius 3 is 2.44 bits per heavy atom. The van der Waals surface area contributed by atoms with E-state index in [4.69, 9.17) is 32.7 Å². The molecular weight excluding hydrogens is 415 g/mol. The molecule has 0 spiro atoms. The normalized spacial score (nSPS) is 18.9. The zero-order valence-corrected chi connectivity index (χ0v) is 17.7. The minimum absolute atomic E-state index is 0.0223.